The third-order valence-corrected chi connectivity index (χ3v) is 6.14. The van der Waals surface area contributed by atoms with Crippen LogP contribution in [0.15, 0.2) is 27.4 Å². The summed E-state index contributed by atoms with van der Waals surface area (Å²) in [5.74, 6) is 0. The molecular weight excluding hydrogens is 373 g/mol. The van der Waals surface area contributed by atoms with Crippen molar-refractivity contribution in [2.45, 2.75) is 46.6 Å². The highest BCUT2D eigenvalue weighted by Gasteiger charge is 2.48. The number of allylic oxidation sites excluding steroid dienone is 1. The molecule has 0 saturated carbocycles. The van der Waals surface area contributed by atoms with E-state index >= 15 is 0 Å². The van der Waals surface area contributed by atoms with Gasteiger partial charge in [0.15, 0.2) is 0 Å². The number of phosphoric ester groups is 1. The highest BCUT2D eigenvalue weighted by Crippen LogP contribution is 2.47. The Morgan fingerprint density at radius 3 is 2.56 bits per heavy atom. The van der Waals surface area contributed by atoms with Crippen LogP contribution >= 0.6 is 7.82 Å². The standard InChI is InChI=1S/C17H28N3O6P/c1-5-20(6-2,7-3)26-27(23,24)25-12-14-8-9-15(10-14)19-11-13(4)16(21)18-17(19)22/h8,11,15H,5-7,9-10,12H2,1-4H3,(H-,18,21,22,23,24)/q+1/p+1/t15-/m0/s1. The lowest BCUT2D eigenvalue weighted by Gasteiger charge is -2.29. The summed E-state index contributed by atoms with van der Waals surface area (Å²) in [6, 6.07) is -0.151. The lowest BCUT2D eigenvalue weighted by molar-refractivity contribution is -1.08. The Labute approximate surface area is 158 Å². The molecule has 1 unspecified atom stereocenters. The fraction of sp³-hybridized carbons (Fsp3) is 0.647. The maximum atomic E-state index is 12.3. The normalized spacial score (nSPS) is 19.7. The number of H-pyrrole nitrogens is 1. The summed E-state index contributed by atoms with van der Waals surface area (Å²) in [6.45, 7) is 8.93. The Morgan fingerprint density at radius 1 is 1.33 bits per heavy atom. The molecule has 0 saturated heterocycles. The topological polar surface area (TPSA) is 113 Å². The Balaban J connectivity index is 1.99. The van der Waals surface area contributed by atoms with Crippen LogP contribution in [-0.2, 0) is 13.7 Å². The molecule has 1 aromatic heterocycles. The van der Waals surface area contributed by atoms with Crippen molar-refractivity contribution >= 4 is 7.82 Å². The van der Waals surface area contributed by atoms with Gasteiger partial charge >= 0.3 is 13.5 Å². The second-order valence-corrected chi connectivity index (χ2v) is 8.12. The lowest BCUT2D eigenvalue weighted by atomic mass is 10.2. The van der Waals surface area contributed by atoms with Crippen molar-refractivity contribution < 1.29 is 23.3 Å². The summed E-state index contributed by atoms with van der Waals surface area (Å²) in [5, 5.41) is 0. The first-order valence-electron chi connectivity index (χ1n) is 9.20. The molecule has 2 N–H and O–H groups in total. The van der Waals surface area contributed by atoms with Crippen molar-refractivity contribution in [1.82, 2.24) is 9.55 Å². The molecule has 2 atom stereocenters. The van der Waals surface area contributed by atoms with Crippen LogP contribution < -0.4 is 11.2 Å². The van der Waals surface area contributed by atoms with E-state index in [1.54, 1.807) is 13.1 Å². The van der Waals surface area contributed by atoms with Crippen molar-refractivity contribution in [2.75, 3.05) is 26.2 Å². The highest BCUT2D eigenvalue weighted by atomic mass is 31.2. The Kier molecular flexibility index (Phi) is 6.99. The number of aromatic nitrogens is 2. The van der Waals surface area contributed by atoms with E-state index in [1.807, 2.05) is 26.8 Å². The molecule has 9 nitrogen and oxygen atoms in total. The predicted octanol–water partition coefficient (Wildman–Crippen LogP) is 2.03. The third-order valence-electron chi connectivity index (χ3n) is 5.13. The minimum Gasteiger partial charge on any atom is -0.297 e. The number of phosphoric acid groups is 1. The number of hydrogen-bond acceptors (Lipinski definition) is 5. The van der Waals surface area contributed by atoms with Gasteiger partial charge in [0, 0.05) is 23.4 Å². The monoisotopic (exact) mass is 402 g/mol. The van der Waals surface area contributed by atoms with Crippen LogP contribution in [-0.4, -0.2) is 45.3 Å². The smallest absolute Gasteiger partial charge is 0.297 e. The van der Waals surface area contributed by atoms with Gasteiger partial charge in [0.1, 0.15) is 19.6 Å². The van der Waals surface area contributed by atoms with Gasteiger partial charge in [-0.05, 0) is 49.7 Å². The Bertz CT molecular complexity index is 847. The first kappa shape index (κ1) is 21.8. The average Bonchev–Trinajstić information content (AvgIpc) is 3.10. The second kappa shape index (κ2) is 8.67. The number of aromatic amines is 1. The molecule has 0 aliphatic heterocycles. The van der Waals surface area contributed by atoms with E-state index in [0.717, 1.165) is 5.57 Å². The fourth-order valence-electron chi connectivity index (χ4n) is 3.21. The molecule has 0 spiro atoms. The molecule has 0 bridgehead atoms. The summed E-state index contributed by atoms with van der Waals surface area (Å²) in [4.78, 5) is 35.9. The van der Waals surface area contributed by atoms with Gasteiger partial charge in [-0.3, -0.25) is 19.2 Å². The lowest BCUT2D eigenvalue weighted by Crippen LogP contribution is -2.46. The molecule has 0 aromatic carbocycles. The van der Waals surface area contributed by atoms with E-state index in [4.69, 9.17) is 9.15 Å². The van der Waals surface area contributed by atoms with Crippen molar-refractivity contribution in [1.29, 1.82) is 0 Å². The molecule has 151 valence electrons. The SMILES string of the molecule is CC[N+](CC)(CC)OP(=O)(O)[O+]CC1=CC[C@H](n2cc(C)c(=O)[nH]c2=O)C1. The van der Waals surface area contributed by atoms with Crippen LogP contribution in [0.25, 0.3) is 0 Å². The van der Waals surface area contributed by atoms with E-state index in [0.29, 0.717) is 38.0 Å². The third kappa shape index (κ3) is 5.27. The average molecular weight is 402 g/mol. The summed E-state index contributed by atoms with van der Waals surface area (Å²) in [5.41, 5.74) is 0.420. The van der Waals surface area contributed by atoms with Crippen molar-refractivity contribution in [3.05, 3.63) is 44.2 Å². The van der Waals surface area contributed by atoms with Crippen molar-refractivity contribution in [3.63, 3.8) is 0 Å². The number of nitrogens with one attached hydrogen (secondary N) is 1. The number of rotatable bonds is 9. The van der Waals surface area contributed by atoms with Gasteiger partial charge in [0.2, 0.25) is 6.61 Å². The summed E-state index contributed by atoms with van der Waals surface area (Å²) < 4.78 is 24.4. The van der Waals surface area contributed by atoms with Crippen LogP contribution in [0.3, 0.4) is 0 Å². The number of hydrogen-bond donors (Lipinski definition) is 2. The summed E-state index contributed by atoms with van der Waals surface area (Å²) in [6.07, 6.45) is 4.51. The quantitative estimate of drug-likeness (QED) is 0.215. The van der Waals surface area contributed by atoms with E-state index in [9.17, 15) is 19.0 Å². The molecular formula is C17H29N3O6P+2. The zero-order valence-corrected chi connectivity index (χ0v) is 17.2. The first-order chi connectivity index (χ1) is 12.6. The number of quaternary nitrogens is 1. The van der Waals surface area contributed by atoms with Gasteiger partial charge in [0.05, 0.1) is 0 Å². The van der Waals surface area contributed by atoms with Crippen LogP contribution in [0.5, 0.6) is 0 Å². The van der Waals surface area contributed by atoms with Crippen LogP contribution in [0, 0.1) is 6.92 Å². The van der Waals surface area contributed by atoms with Gasteiger partial charge < -0.3 is 0 Å². The molecule has 1 aliphatic carbocycles. The molecule has 1 radical (unpaired) electrons. The highest BCUT2D eigenvalue weighted by molar-refractivity contribution is 7.47. The number of aryl methyl sites for hydroxylation is 1. The van der Waals surface area contributed by atoms with Gasteiger partial charge in [-0.15, -0.1) is 0 Å². The Hall–Kier alpha value is -1.51. The largest absolute Gasteiger partial charge is 0.754 e. The molecule has 0 fully saturated rings. The van der Waals surface area contributed by atoms with Gasteiger partial charge in [0.25, 0.3) is 5.56 Å². The Morgan fingerprint density at radius 2 is 1.96 bits per heavy atom. The van der Waals surface area contributed by atoms with Crippen molar-refractivity contribution in [2.24, 2.45) is 0 Å². The van der Waals surface area contributed by atoms with Gasteiger partial charge in [-0.2, -0.15) is 9.21 Å². The second-order valence-electron chi connectivity index (χ2n) is 6.77. The summed E-state index contributed by atoms with van der Waals surface area (Å²) >= 11 is 0. The van der Waals surface area contributed by atoms with Crippen LogP contribution in [0.1, 0.15) is 45.2 Å². The van der Waals surface area contributed by atoms with Crippen LogP contribution in [0.2, 0.25) is 0 Å². The number of hydroxylamine groups is 3. The minimum atomic E-state index is -4.22. The van der Waals surface area contributed by atoms with Gasteiger partial charge in [-0.1, -0.05) is 6.08 Å². The maximum Gasteiger partial charge on any atom is 0.754 e. The molecule has 27 heavy (non-hydrogen) atoms. The van der Waals surface area contributed by atoms with E-state index in [2.05, 4.69) is 4.98 Å². The zero-order valence-electron chi connectivity index (χ0n) is 16.3. The van der Waals surface area contributed by atoms with Crippen molar-refractivity contribution in [3.8, 4) is 0 Å². The molecule has 1 aromatic rings. The minimum absolute atomic E-state index is 0.0431. The van der Waals surface area contributed by atoms with Crippen LogP contribution in [0.4, 0.5) is 0 Å². The van der Waals surface area contributed by atoms with E-state index in [-0.39, 0.29) is 17.3 Å². The molecule has 0 amide bonds. The maximum absolute atomic E-state index is 12.3. The molecule has 1 aliphatic rings. The number of nitrogens with zero attached hydrogens (tertiary/aromatic N) is 2. The fourth-order valence-corrected chi connectivity index (χ4v) is 4.37. The first-order valence-corrected chi connectivity index (χ1v) is 10.7. The predicted molar refractivity (Wildman–Crippen MR) is 101 cm³/mol. The molecule has 10 heteroatoms. The zero-order chi connectivity index (χ0) is 20.2. The van der Waals surface area contributed by atoms with E-state index in [1.165, 1.54) is 4.57 Å². The van der Waals surface area contributed by atoms with Gasteiger partial charge in [-0.25, -0.2) is 4.79 Å². The molecule has 2 rings (SSSR count). The van der Waals surface area contributed by atoms with E-state index < -0.39 is 19.1 Å². The molecule has 1 heterocycles. The summed E-state index contributed by atoms with van der Waals surface area (Å²) in [7, 11) is -4.22.